The van der Waals surface area contributed by atoms with E-state index < -0.39 is 29.6 Å². The Morgan fingerprint density at radius 2 is 1.00 bits per heavy atom. The molecule has 0 bridgehead atoms. The standard InChI is InChI=1S/C14H24F6/c1-5-9-11(8-4)12(13(15,16)17,14(18,19)20)10(6-2)7-3/h10-11H,5-9H2,1-4H3. The molecule has 0 radical (unpaired) electrons. The van der Waals surface area contributed by atoms with Crippen molar-refractivity contribution in [3.63, 3.8) is 0 Å². The highest BCUT2D eigenvalue weighted by atomic mass is 19.4. The van der Waals surface area contributed by atoms with Crippen molar-refractivity contribution in [3.8, 4) is 0 Å². The van der Waals surface area contributed by atoms with Crippen LogP contribution in [0.15, 0.2) is 0 Å². The fourth-order valence-electron chi connectivity index (χ4n) is 3.45. The first-order valence-electron chi connectivity index (χ1n) is 7.17. The van der Waals surface area contributed by atoms with E-state index >= 15 is 0 Å². The van der Waals surface area contributed by atoms with Crippen molar-refractivity contribution >= 4 is 0 Å². The fraction of sp³-hybridized carbons (Fsp3) is 1.00. The topological polar surface area (TPSA) is 0 Å². The monoisotopic (exact) mass is 306 g/mol. The lowest BCUT2D eigenvalue weighted by Crippen LogP contribution is -2.59. The molecule has 0 aliphatic heterocycles. The number of alkyl halides is 6. The van der Waals surface area contributed by atoms with Gasteiger partial charge in [-0.1, -0.05) is 53.4 Å². The zero-order valence-electron chi connectivity index (χ0n) is 12.5. The van der Waals surface area contributed by atoms with Gasteiger partial charge >= 0.3 is 12.4 Å². The summed E-state index contributed by atoms with van der Waals surface area (Å²) >= 11 is 0. The van der Waals surface area contributed by atoms with Crippen molar-refractivity contribution < 1.29 is 26.3 Å². The summed E-state index contributed by atoms with van der Waals surface area (Å²) in [6, 6.07) is 0. The average molecular weight is 306 g/mol. The molecule has 0 aromatic carbocycles. The van der Waals surface area contributed by atoms with Crippen molar-refractivity contribution in [2.45, 2.75) is 72.2 Å². The summed E-state index contributed by atoms with van der Waals surface area (Å²) in [4.78, 5) is 0. The zero-order valence-corrected chi connectivity index (χ0v) is 12.5. The minimum Gasteiger partial charge on any atom is -0.170 e. The van der Waals surface area contributed by atoms with Crippen molar-refractivity contribution in [1.82, 2.24) is 0 Å². The first kappa shape index (κ1) is 19.6. The molecule has 1 unspecified atom stereocenters. The van der Waals surface area contributed by atoms with E-state index in [0.29, 0.717) is 6.42 Å². The third-order valence-corrected chi connectivity index (χ3v) is 4.34. The van der Waals surface area contributed by atoms with Crippen LogP contribution in [0.2, 0.25) is 0 Å². The van der Waals surface area contributed by atoms with Crippen molar-refractivity contribution in [1.29, 1.82) is 0 Å². The summed E-state index contributed by atoms with van der Waals surface area (Å²) in [6.45, 7) is 5.83. The highest BCUT2D eigenvalue weighted by Gasteiger charge is 2.75. The molecule has 0 rings (SSSR count). The molecule has 0 aliphatic carbocycles. The quantitative estimate of drug-likeness (QED) is 0.480. The number of rotatable bonds is 7. The van der Waals surface area contributed by atoms with E-state index in [4.69, 9.17) is 0 Å². The molecule has 0 aliphatic rings. The molecular formula is C14H24F6. The van der Waals surface area contributed by atoms with Crippen LogP contribution >= 0.6 is 0 Å². The van der Waals surface area contributed by atoms with Crippen LogP contribution in [-0.2, 0) is 0 Å². The van der Waals surface area contributed by atoms with Gasteiger partial charge in [-0.25, -0.2) is 0 Å². The molecule has 20 heavy (non-hydrogen) atoms. The second kappa shape index (κ2) is 7.03. The summed E-state index contributed by atoms with van der Waals surface area (Å²) in [5.41, 5.74) is -3.59. The predicted molar refractivity (Wildman–Crippen MR) is 67.3 cm³/mol. The molecule has 0 saturated heterocycles. The van der Waals surface area contributed by atoms with E-state index in [1.165, 1.54) is 20.8 Å². The molecule has 0 fully saturated rings. The molecule has 0 N–H and O–H groups in total. The SMILES string of the molecule is CCCC(CC)C(C(CC)CC)(C(F)(F)F)C(F)(F)F. The summed E-state index contributed by atoms with van der Waals surface area (Å²) in [5.74, 6) is -2.85. The highest BCUT2D eigenvalue weighted by molar-refractivity contribution is 5.01. The minimum absolute atomic E-state index is 0.0635. The average Bonchev–Trinajstić information content (AvgIpc) is 2.30. The van der Waals surface area contributed by atoms with E-state index in [-0.39, 0.29) is 25.7 Å². The lowest BCUT2D eigenvalue weighted by atomic mass is 9.61. The first-order chi connectivity index (χ1) is 9.04. The first-order valence-corrected chi connectivity index (χ1v) is 7.17. The van der Waals surface area contributed by atoms with Crippen molar-refractivity contribution in [2.24, 2.45) is 17.3 Å². The Labute approximate surface area is 116 Å². The van der Waals surface area contributed by atoms with E-state index in [1.54, 1.807) is 6.92 Å². The number of halogens is 6. The normalized spacial score (nSPS) is 15.8. The van der Waals surface area contributed by atoms with Crippen LogP contribution in [0.1, 0.15) is 59.8 Å². The molecule has 6 heteroatoms. The molecule has 1 atom stereocenters. The molecular weight excluding hydrogens is 282 g/mol. The smallest absolute Gasteiger partial charge is 0.170 e. The highest BCUT2D eigenvalue weighted by Crippen LogP contribution is 2.62. The summed E-state index contributed by atoms with van der Waals surface area (Å²) in [6.07, 6.45) is -10.7. The maximum Gasteiger partial charge on any atom is 0.403 e. The van der Waals surface area contributed by atoms with Gasteiger partial charge in [0.25, 0.3) is 0 Å². The van der Waals surface area contributed by atoms with E-state index in [2.05, 4.69) is 0 Å². The molecule has 0 aromatic heterocycles. The molecule has 0 aromatic rings. The van der Waals surface area contributed by atoms with Crippen LogP contribution in [0.5, 0.6) is 0 Å². The van der Waals surface area contributed by atoms with Gasteiger partial charge in [0.1, 0.15) is 0 Å². The molecule has 0 heterocycles. The third-order valence-electron chi connectivity index (χ3n) is 4.34. The van der Waals surface area contributed by atoms with Crippen LogP contribution in [0.3, 0.4) is 0 Å². The van der Waals surface area contributed by atoms with Gasteiger partial charge in [-0.15, -0.1) is 0 Å². The Hall–Kier alpha value is -0.420. The predicted octanol–water partition coefficient (Wildman–Crippen LogP) is 6.36. The van der Waals surface area contributed by atoms with E-state index in [0.717, 1.165) is 0 Å². The van der Waals surface area contributed by atoms with Crippen LogP contribution < -0.4 is 0 Å². The van der Waals surface area contributed by atoms with Crippen LogP contribution in [-0.4, -0.2) is 12.4 Å². The number of hydrogen-bond donors (Lipinski definition) is 0. The Morgan fingerprint density at radius 1 is 0.650 bits per heavy atom. The van der Waals surface area contributed by atoms with Gasteiger partial charge in [0.15, 0.2) is 5.41 Å². The third kappa shape index (κ3) is 3.25. The maximum atomic E-state index is 13.5. The maximum absolute atomic E-state index is 13.5. The molecule has 122 valence electrons. The van der Waals surface area contributed by atoms with Crippen LogP contribution in [0, 0.1) is 17.3 Å². The van der Waals surface area contributed by atoms with Gasteiger partial charge in [0.05, 0.1) is 0 Å². The molecule has 0 amide bonds. The minimum atomic E-state index is -5.28. The van der Waals surface area contributed by atoms with Gasteiger partial charge in [-0.2, -0.15) is 26.3 Å². The summed E-state index contributed by atoms with van der Waals surface area (Å²) in [7, 11) is 0. The fourth-order valence-corrected chi connectivity index (χ4v) is 3.45. The van der Waals surface area contributed by atoms with Gasteiger partial charge < -0.3 is 0 Å². The molecule has 0 saturated carbocycles. The number of hydrogen-bond acceptors (Lipinski definition) is 0. The summed E-state index contributed by atoms with van der Waals surface area (Å²) < 4.78 is 81.2. The van der Waals surface area contributed by atoms with Crippen LogP contribution in [0.25, 0.3) is 0 Å². The Morgan fingerprint density at radius 3 is 1.20 bits per heavy atom. The van der Waals surface area contributed by atoms with Gasteiger partial charge in [-0.3, -0.25) is 0 Å². The zero-order chi connectivity index (χ0) is 16.2. The van der Waals surface area contributed by atoms with Crippen molar-refractivity contribution in [3.05, 3.63) is 0 Å². The largest absolute Gasteiger partial charge is 0.403 e. The second-order valence-electron chi connectivity index (χ2n) is 5.27. The van der Waals surface area contributed by atoms with Crippen molar-refractivity contribution in [2.75, 3.05) is 0 Å². The second-order valence-corrected chi connectivity index (χ2v) is 5.27. The van der Waals surface area contributed by atoms with Gasteiger partial charge in [0.2, 0.25) is 0 Å². The van der Waals surface area contributed by atoms with E-state index in [9.17, 15) is 26.3 Å². The molecule has 0 nitrogen and oxygen atoms in total. The Bertz CT molecular complexity index is 260. The molecule has 0 spiro atoms. The van der Waals surface area contributed by atoms with Gasteiger partial charge in [-0.05, 0) is 18.3 Å². The Kier molecular flexibility index (Phi) is 6.88. The summed E-state index contributed by atoms with van der Waals surface area (Å²) in [5, 5.41) is 0. The van der Waals surface area contributed by atoms with E-state index in [1.807, 2.05) is 0 Å². The Balaban J connectivity index is 6.20. The lowest BCUT2D eigenvalue weighted by molar-refractivity contribution is -0.378. The lowest BCUT2D eigenvalue weighted by Gasteiger charge is -2.47. The van der Waals surface area contributed by atoms with Gasteiger partial charge in [0, 0.05) is 0 Å². The van der Waals surface area contributed by atoms with Crippen LogP contribution in [0.4, 0.5) is 26.3 Å².